The molecule has 1 aromatic rings. The Labute approximate surface area is 159 Å². The second-order valence-electron chi connectivity index (χ2n) is 7.54. The first-order valence-corrected chi connectivity index (χ1v) is 10.9. The average Bonchev–Trinajstić information content (AvgIpc) is 2.56. The summed E-state index contributed by atoms with van der Waals surface area (Å²) in [6.45, 7) is 7.08. The number of halogens is 3. The minimum absolute atomic E-state index is 0.153. The van der Waals surface area contributed by atoms with Gasteiger partial charge >= 0.3 is 6.18 Å². The second-order valence-corrected chi connectivity index (χ2v) is 9.75. The Morgan fingerprint density at radius 1 is 1.26 bits per heavy atom. The quantitative estimate of drug-likeness (QED) is 0.649. The Kier molecular flexibility index (Phi) is 6.52. The lowest BCUT2D eigenvalue weighted by Gasteiger charge is -2.42. The number of alkyl halides is 3. The van der Waals surface area contributed by atoms with Crippen LogP contribution in [0.2, 0.25) is 0 Å². The third-order valence-electron chi connectivity index (χ3n) is 4.82. The summed E-state index contributed by atoms with van der Waals surface area (Å²) in [6.07, 6.45) is -4.40. The molecule has 0 N–H and O–H groups in total. The van der Waals surface area contributed by atoms with Gasteiger partial charge in [0.2, 0.25) is 10.0 Å². The van der Waals surface area contributed by atoms with Crippen molar-refractivity contribution in [2.24, 2.45) is 0 Å². The van der Waals surface area contributed by atoms with E-state index in [0.29, 0.717) is 12.2 Å². The molecule has 0 bridgehead atoms. The average molecular weight is 407 g/mol. The van der Waals surface area contributed by atoms with Crippen LogP contribution in [0.4, 0.5) is 13.2 Å². The first-order chi connectivity index (χ1) is 12.4. The Morgan fingerprint density at radius 3 is 2.48 bits per heavy atom. The van der Waals surface area contributed by atoms with Crippen LogP contribution in [-0.2, 0) is 16.4 Å². The smallest absolute Gasteiger partial charge is 0.389 e. The Morgan fingerprint density at radius 2 is 1.93 bits per heavy atom. The largest absolute Gasteiger partial charge is 0.487 e. The zero-order valence-corrected chi connectivity index (χ0v) is 17.1. The van der Waals surface area contributed by atoms with Gasteiger partial charge in [-0.2, -0.15) is 17.5 Å². The molecule has 0 saturated carbocycles. The summed E-state index contributed by atoms with van der Waals surface area (Å²) in [7, 11) is -3.68. The standard InChI is InChI=1S/C19H28F3NO3S/c1-5-14-8-9-17-15(12-14)16(13-18(3,4)26-17)23(27(24,25)6-2)11-7-10-19(20,21)22/h8-9,12,16H,5-7,10-11,13H2,1-4H3. The monoisotopic (exact) mass is 407 g/mol. The molecular formula is C19H28F3NO3S. The van der Waals surface area contributed by atoms with Crippen molar-refractivity contribution < 1.29 is 26.3 Å². The highest BCUT2D eigenvalue weighted by Gasteiger charge is 2.41. The fraction of sp³-hybridized carbons (Fsp3) is 0.684. The number of rotatable bonds is 7. The molecule has 27 heavy (non-hydrogen) atoms. The van der Waals surface area contributed by atoms with Crippen molar-refractivity contribution in [3.63, 3.8) is 0 Å². The first-order valence-electron chi connectivity index (χ1n) is 9.26. The molecule has 0 aliphatic carbocycles. The number of fused-ring (bicyclic) bond motifs is 1. The number of hydrogen-bond acceptors (Lipinski definition) is 3. The zero-order chi connectivity index (χ0) is 20.5. The van der Waals surface area contributed by atoms with Gasteiger partial charge in [-0.15, -0.1) is 0 Å². The van der Waals surface area contributed by atoms with E-state index in [1.165, 1.54) is 11.2 Å². The van der Waals surface area contributed by atoms with Crippen molar-refractivity contribution in [1.82, 2.24) is 4.31 Å². The summed E-state index contributed by atoms with van der Waals surface area (Å²) in [4.78, 5) is 0. The third kappa shape index (κ3) is 5.60. The Bertz CT molecular complexity index is 760. The van der Waals surface area contributed by atoms with E-state index >= 15 is 0 Å². The third-order valence-corrected chi connectivity index (χ3v) is 6.70. The lowest BCUT2D eigenvalue weighted by Crippen LogP contribution is -2.44. The molecule has 0 aromatic heterocycles. The number of aryl methyl sites for hydroxylation is 1. The highest BCUT2D eigenvalue weighted by atomic mass is 32.2. The number of benzene rings is 1. The van der Waals surface area contributed by atoms with Gasteiger partial charge in [-0.1, -0.05) is 19.1 Å². The van der Waals surface area contributed by atoms with E-state index in [4.69, 9.17) is 4.74 Å². The summed E-state index contributed by atoms with van der Waals surface area (Å²) < 4.78 is 70.5. The second kappa shape index (κ2) is 7.99. The van der Waals surface area contributed by atoms with Crippen LogP contribution < -0.4 is 4.74 Å². The van der Waals surface area contributed by atoms with E-state index in [2.05, 4.69) is 0 Å². The van der Waals surface area contributed by atoms with Crippen LogP contribution >= 0.6 is 0 Å². The lowest BCUT2D eigenvalue weighted by molar-refractivity contribution is -0.136. The van der Waals surface area contributed by atoms with Gasteiger partial charge in [-0.3, -0.25) is 0 Å². The van der Waals surface area contributed by atoms with Gasteiger partial charge in [0.1, 0.15) is 11.4 Å². The lowest BCUT2D eigenvalue weighted by atomic mass is 9.88. The Balaban J connectivity index is 2.44. The van der Waals surface area contributed by atoms with Gasteiger partial charge in [-0.05, 0) is 45.2 Å². The van der Waals surface area contributed by atoms with Crippen LogP contribution in [0.15, 0.2) is 18.2 Å². The van der Waals surface area contributed by atoms with Crippen LogP contribution in [0.1, 0.15) is 64.1 Å². The topological polar surface area (TPSA) is 46.6 Å². The van der Waals surface area contributed by atoms with Gasteiger partial charge < -0.3 is 4.74 Å². The van der Waals surface area contributed by atoms with E-state index in [9.17, 15) is 21.6 Å². The molecule has 0 spiro atoms. The van der Waals surface area contributed by atoms with Crippen molar-refractivity contribution in [2.45, 2.75) is 71.2 Å². The highest BCUT2D eigenvalue weighted by Crippen LogP contribution is 2.44. The van der Waals surface area contributed by atoms with Crippen molar-refractivity contribution in [1.29, 1.82) is 0 Å². The van der Waals surface area contributed by atoms with Crippen molar-refractivity contribution in [3.8, 4) is 5.75 Å². The molecule has 2 rings (SSSR count). The number of ether oxygens (including phenoxy) is 1. The van der Waals surface area contributed by atoms with Crippen LogP contribution in [0, 0.1) is 0 Å². The van der Waals surface area contributed by atoms with Crippen molar-refractivity contribution >= 4 is 10.0 Å². The van der Waals surface area contributed by atoms with E-state index in [1.54, 1.807) is 0 Å². The van der Waals surface area contributed by atoms with E-state index in [-0.39, 0.29) is 18.7 Å². The minimum Gasteiger partial charge on any atom is -0.487 e. The Hall–Kier alpha value is -1.28. The molecule has 1 atom stereocenters. The van der Waals surface area contributed by atoms with Gasteiger partial charge in [0.05, 0.1) is 11.8 Å². The molecule has 0 saturated heterocycles. The number of sulfonamides is 1. The van der Waals surface area contributed by atoms with Crippen LogP contribution in [-0.4, -0.2) is 36.8 Å². The molecule has 0 fully saturated rings. The predicted molar refractivity (Wildman–Crippen MR) is 99.3 cm³/mol. The molecule has 1 unspecified atom stereocenters. The summed E-state index contributed by atoms with van der Waals surface area (Å²) in [5.41, 5.74) is 1.15. The predicted octanol–water partition coefficient (Wildman–Crippen LogP) is 4.85. The van der Waals surface area contributed by atoms with Crippen molar-refractivity contribution in [2.75, 3.05) is 12.3 Å². The van der Waals surface area contributed by atoms with Crippen LogP contribution in [0.3, 0.4) is 0 Å². The fourth-order valence-corrected chi connectivity index (χ4v) is 4.75. The maximum absolute atomic E-state index is 12.7. The summed E-state index contributed by atoms with van der Waals surface area (Å²) >= 11 is 0. The highest BCUT2D eigenvalue weighted by molar-refractivity contribution is 7.89. The van der Waals surface area contributed by atoms with Gasteiger partial charge in [0.25, 0.3) is 0 Å². The normalized spacial score (nSPS) is 19.6. The van der Waals surface area contributed by atoms with Crippen LogP contribution in [0.25, 0.3) is 0 Å². The van der Waals surface area contributed by atoms with Crippen LogP contribution in [0.5, 0.6) is 5.75 Å². The molecule has 1 aliphatic rings. The summed E-state index contributed by atoms with van der Waals surface area (Å²) in [5.74, 6) is 0.445. The molecule has 8 heteroatoms. The SMILES string of the molecule is CCc1ccc2c(c1)C(N(CCCC(F)(F)F)S(=O)(=O)CC)CC(C)(C)O2. The minimum atomic E-state index is -4.30. The van der Waals surface area contributed by atoms with E-state index in [1.807, 2.05) is 39.0 Å². The summed E-state index contributed by atoms with van der Waals surface area (Å²) in [6, 6.07) is 5.14. The summed E-state index contributed by atoms with van der Waals surface area (Å²) in [5, 5.41) is 0. The van der Waals surface area contributed by atoms with E-state index in [0.717, 1.165) is 17.5 Å². The maximum atomic E-state index is 12.7. The molecule has 0 amide bonds. The molecule has 4 nitrogen and oxygen atoms in total. The fourth-order valence-electron chi connectivity index (χ4n) is 3.43. The molecular weight excluding hydrogens is 379 g/mol. The molecule has 0 radical (unpaired) electrons. The van der Waals surface area contributed by atoms with Gasteiger partial charge in [0, 0.05) is 24.9 Å². The molecule has 1 aromatic carbocycles. The van der Waals surface area contributed by atoms with Crippen molar-refractivity contribution in [3.05, 3.63) is 29.3 Å². The zero-order valence-electron chi connectivity index (χ0n) is 16.3. The molecule has 154 valence electrons. The maximum Gasteiger partial charge on any atom is 0.389 e. The van der Waals surface area contributed by atoms with E-state index < -0.39 is 34.3 Å². The first kappa shape index (κ1) is 22.0. The number of nitrogens with zero attached hydrogens (tertiary/aromatic N) is 1. The molecule has 1 heterocycles. The molecule has 1 aliphatic heterocycles. The number of hydrogen-bond donors (Lipinski definition) is 0. The van der Waals surface area contributed by atoms with Gasteiger partial charge in [0.15, 0.2) is 0 Å². The van der Waals surface area contributed by atoms with Gasteiger partial charge in [-0.25, -0.2) is 8.42 Å².